The van der Waals surface area contributed by atoms with Gasteiger partial charge in [0.15, 0.2) is 0 Å². The fourth-order valence-electron chi connectivity index (χ4n) is 2.28. The maximum absolute atomic E-state index is 6.39. The molecule has 2 heteroatoms. The molecule has 1 aliphatic carbocycles. The topological polar surface area (TPSA) is 9.23 Å². The van der Waals surface area contributed by atoms with Gasteiger partial charge in [-0.15, -0.1) is 11.6 Å². The van der Waals surface area contributed by atoms with Gasteiger partial charge in [0, 0.05) is 18.4 Å². The fraction of sp³-hybridized carbons (Fsp3) is 1.00. The van der Waals surface area contributed by atoms with E-state index >= 15 is 0 Å². The summed E-state index contributed by atoms with van der Waals surface area (Å²) in [5.74, 6) is 1.13. The van der Waals surface area contributed by atoms with E-state index in [1.807, 2.05) is 7.11 Å². The number of rotatable bonds is 3. The molecule has 13 heavy (non-hydrogen) atoms. The van der Waals surface area contributed by atoms with Gasteiger partial charge in [0.05, 0.1) is 6.10 Å². The average Bonchev–Trinajstić information content (AvgIpc) is 2.16. The van der Waals surface area contributed by atoms with E-state index in [4.69, 9.17) is 16.3 Å². The Morgan fingerprint density at radius 2 is 1.85 bits per heavy atom. The zero-order valence-electron chi connectivity index (χ0n) is 8.92. The number of halogens is 1. The van der Waals surface area contributed by atoms with Crippen molar-refractivity contribution in [1.29, 1.82) is 0 Å². The Hall–Kier alpha value is 0.250. The minimum Gasteiger partial charge on any atom is -0.381 e. The van der Waals surface area contributed by atoms with Gasteiger partial charge in [-0.2, -0.15) is 0 Å². The third-order valence-electron chi connectivity index (χ3n) is 3.10. The summed E-state index contributed by atoms with van der Waals surface area (Å²) in [6.45, 7) is 4.39. The molecule has 1 nitrogen and oxygen atoms in total. The van der Waals surface area contributed by atoms with E-state index in [-0.39, 0.29) is 5.38 Å². The van der Waals surface area contributed by atoms with Crippen molar-refractivity contribution >= 4 is 11.6 Å². The van der Waals surface area contributed by atoms with Gasteiger partial charge >= 0.3 is 0 Å². The van der Waals surface area contributed by atoms with Crippen LogP contribution >= 0.6 is 11.6 Å². The van der Waals surface area contributed by atoms with Gasteiger partial charge in [0.1, 0.15) is 0 Å². The highest BCUT2D eigenvalue weighted by Gasteiger charge is 2.32. The maximum Gasteiger partial charge on any atom is 0.0613 e. The predicted molar refractivity (Wildman–Crippen MR) is 57.2 cm³/mol. The molecule has 0 amide bonds. The maximum atomic E-state index is 6.39. The zero-order valence-corrected chi connectivity index (χ0v) is 9.68. The van der Waals surface area contributed by atoms with Crippen molar-refractivity contribution in [2.75, 3.05) is 7.11 Å². The largest absolute Gasteiger partial charge is 0.381 e. The standard InChI is InChI=1S/C11H21ClO/c1-8(2)11(12)9-6-4-5-7-10(9)13-3/h8-11H,4-7H2,1-3H3. The van der Waals surface area contributed by atoms with Gasteiger partial charge in [-0.25, -0.2) is 0 Å². The summed E-state index contributed by atoms with van der Waals surface area (Å²) in [6, 6.07) is 0. The first kappa shape index (κ1) is 11.3. The highest BCUT2D eigenvalue weighted by Crippen LogP contribution is 2.34. The van der Waals surface area contributed by atoms with Gasteiger partial charge < -0.3 is 4.74 Å². The van der Waals surface area contributed by atoms with Crippen LogP contribution in [0.1, 0.15) is 39.5 Å². The van der Waals surface area contributed by atoms with E-state index < -0.39 is 0 Å². The molecule has 0 N–H and O–H groups in total. The van der Waals surface area contributed by atoms with E-state index in [0.717, 1.165) is 0 Å². The lowest BCUT2D eigenvalue weighted by atomic mass is 9.81. The lowest BCUT2D eigenvalue weighted by molar-refractivity contribution is 0.0176. The van der Waals surface area contributed by atoms with Gasteiger partial charge in [-0.05, 0) is 18.8 Å². The summed E-state index contributed by atoms with van der Waals surface area (Å²) >= 11 is 6.39. The molecule has 0 spiro atoms. The molecule has 0 aromatic carbocycles. The second-order valence-electron chi connectivity index (χ2n) is 4.41. The minimum absolute atomic E-state index is 0.283. The predicted octanol–water partition coefficient (Wildman–Crippen LogP) is 3.46. The molecule has 0 saturated heterocycles. The highest BCUT2D eigenvalue weighted by atomic mass is 35.5. The van der Waals surface area contributed by atoms with Gasteiger partial charge in [0.2, 0.25) is 0 Å². The molecule has 3 atom stereocenters. The van der Waals surface area contributed by atoms with Gasteiger partial charge in [0.25, 0.3) is 0 Å². The van der Waals surface area contributed by atoms with Crippen molar-refractivity contribution in [3.05, 3.63) is 0 Å². The van der Waals surface area contributed by atoms with Crippen LogP contribution in [0, 0.1) is 11.8 Å². The molecule has 1 aliphatic rings. The normalized spacial score (nSPS) is 32.1. The molecule has 78 valence electrons. The molecular weight excluding hydrogens is 184 g/mol. The summed E-state index contributed by atoms with van der Waals surface area (Å²) in [5.41, 5.74) is 0. The zero-order chi connectivity index (χ0) is 9.84. The van der Waals surface area contributed by atoms with Crippen molar-refractivity contribution in [3.63, 3.8) is 0 Å². The van der Waals surface area contributed by atoms with Crippen molar-refractivity contribution < 1.29 is 4.74 Å². The van der Waals surface area contributed by atoms with Crippen molar-refractivity contribution in [2.24, 2.45) is 11.8 Å². The Balaban J connectivity index is 2.53. The van der Waals surface area contributed by atoms with E-state index in [1.54, 1.807) is 0 Å². The molecule has 1 saturated carbocycles. The van der Waals surface area contributed by atoms with Crippen molar-refractivity contribution in [2.45, 2.75) is 51.0 Å². The van der Waals surface area contributed by atoms with E-state index in [9.17, 15) is 0 Å². The quantitative estimate of drug-likeness (QED) is 0.640. The number of alkyl halides is 1. The number of hydrogen-bond acceptors (Lipinski definition) is 1. The van der Waals surface area contributed by atoms with Crippen LogP contribution < -0.4 is 0 Å². The van der Waals surface area contributed by atoms with Crippen molar-refractivity contribution in [1.82, 2.24) is 0 Å². The Bertz CT molecular complexity index is 145. The average molecular weight is 205 g/mol. The lowest BCUT2D eigenvalue weighted by Crippen LogP contribution is -2.35. The first-order valence-corrected chi connectivity index (χ1v) is 5.77. The summed E-state index contributed by atoms with van der Waals surface area (Å²) < 4.78 is 5.49. The molecular formula is C11H21ClO. The smallest absolute Gasteiger partial charge is 0.0613 e. The first-order valence-electron chi connectivity index (χ1n) is 5.33. The molecule has 0 heterocycles. The van der Waals surface area contributed by atoms with E-state index in [1.165, 1.54) is 25.7 Å². The summed E-state index contributed by atoms with van der Waals surface area (Å²) in [6.07, 6.45) is 5.46. The summed E-state index contributed by atoms with van der Waals surface area (Å²) in [7, 11) is 1.81. The highest BCUT2D eigenvalue weighted by molar-refractivity contribution is 6.21. The molecule has 1 rings (SSSR count). The Morgan fingerprint density at radius 1 is 1.23 bits per heavy atom. The minimum atomic E-state index is 0.283. The van der Waals surface area contributed by atoms with E-state index in [0.29, 0.717) is 17.9 Å². The first-order chi connectivity index (χ1) is 6.16. The summed E-state index contributed by atoms with van der Waals surface area (Å²) in [4.78, 5) is 0. The van der Waals surface area contributed by atoms with Crippen LogP contribution in [0.15, 0.2) is 0 Å². The van der Waals surface area contributed by atoms with Crippen LogP contribution in [0.5, 0.6) is 0 Å². The van der Waals surface area contributed by atoms with Crippen molar-refractivity contribution in [3.8, 4) is 0 Å². The van der Waals surface area contributed by atoms with Crippen LogP contribution in [0.25, 0.3) is 0 Å². The molecule has 0 aliphatic heterocycles. The van der Waals surface area contributed by atoms with Crippen LogP contribution in [-0.2, 0) is 4.74 Å². The van der Waals surface area contributed by atoms with E-state index in [2.05, 4.69) is 13.8 Å². The Kier molecular flexibility index (Phi) is 4.54. The monoisotopic (exact) mass is 204 g/mol. The molecule has 0 radical (unpaired) electrons. The molecule has 0 aromatic rings. The van der Waals surface area contributed by atoms with Gasteiger partial charge in [-0.3, -0.25) is 0 Å². The fourth-order valence-corrected chi connectivity index (χ4v) is 2.57. The second-order valence-corrected chi connectivity index (χ2v) is 4.91. The Labute approximate surface area is 86.8 Å². The SMILES string of the molecule is COC1CCCCC1C(Cl)C(C)C. The number of ether oxygens (including phenoxy) is 1. The molecule has 0 aromatic heterocycles. The number of hydrogen-bond donors (Lipinski definition) is 0. The third-order valence-corrected chi connectivity index (χ3v) is 3.93. The van der Waals surface area contributed by atoms with Crippen LogP contribution in [0.3, 0.4) is 0 Å². The molecule has 0 bridgehead atoms. The summed E-state index contributed by atoms with van der Waals surface area (Å²) in [5, 5.41) is 0.283. The number of methoxy groups -OCH3 is 1. The van der Waals surface area contributed by atoms with Crippen LogP contribution in [0.2, 0.25) is 0 Å². The molecule has 3 unspecified atom stereocenters. The molecule has 1 fully saturated rings. The third kappa shape index (κ3) is 2.85. The Morgan fingerprint density at radius 3 is 2.38 bits per heavy atom. The van der Waals surface area contributed by atoms with Crippen LogP contribution in [0.4, 0.5) is 0 Å². The van der Waals surface area contributed by atoms with Gasteiger partial charge in [-0.1, -0.05) is 26.7 Å². The lowest BCUT2D eigenvalue weighted by Gasteiger charge is -2.35. The van der Waals surface area contributed by atoms with Crippen LogP contribution in [-0.4, -0.2) is 18.6 Å². The second kappa shape index (κ2) is 5.21.